The number of esters is 1. The van der Waals surface area contributed by atoms with Crippen molar-refractivity contribution in [3.63, 3.8) is 0 Å². The van der Waals surface area contributed by atoms with E-state index in [0.717, 1.165) is 0 Å². The van der Waals surface area contributed by atoms with Crippen LogP contribution in [0, 0.1) is 0 Å². The summed E-state index contributed by atoms with van der Waals surface area (Å²) in [7, 11) is 3.01. The zero-order valence-electron chi connectivity index (χ0n) is 15.5. The van der Waals surface area contributed by atoms with Crippen molar-refractivity contribution in [2.24, 2.45) is 0 Å². The summed E-state index contributed by atoms with van der Waals surface area (Å²) in [5.41, 5.74) is 0.411. The van der Waals surface area contributed by atoms with E-state index in [1.54, 1.807) is 25.1 Å². The average Bonchev–Trinajstić information content (AvgIpc) is 2.66. The van der Waals surface area contributed by atoms with Crippen LogP contribution in [0.4, 0.5) is 0 Å². The van der Waals surface area contributed by atoms with Gasteiger partial charge in [-0.1, -0.05) is 0 Å². The van der Waals surface area contributed by atoms with Crippen LogP contribution in [0.15, 0.2) is 18.2 Å². The van der Waals surface area contributed by atoms with Crippen LogP contribution in [0.3, 0.4) is 0 Å². The number of ether oxygens (including phenoxy) is 4. The lowest BCUT2D eigenvalue weighted by Gasteiger charge is -2.23. The number of methoxy groups -OCH3 is 2. The van der Waals surface area contributed by atoms with E-state index in [0.29, 0.717) is 23.7 Å². The third-order valence-electron chi connectivity index (χ3n) is 3.55. The van der Waals surface area contributed by atoms with Gasteiger partial charge in [0.15, 0.2) is 11.5 Å². The maximum Gasteiger partial charge on any atom is 0.307 e. The third-order valence-corrected chi connectivity index (χ3v) is 3.55. The number of carbonyl (C=O) groups excluding carboxylic acids is 2. The van der Waals surface area contributed by atoms with E-state index in [1.807, 2.05) is 0 Å². The minimum absolute atomic E-state index is 0.0901. The van der Waals surface area contributed by atoms with E-state index in [1.165, 1.54) is 19.1 Å². The molecule has 0 spiro atoms. The molecule has 1 N–H and O–H groups in total. The Hall–Kier alpha value is -2.32. The minimum Gasteiger partial charge on any atom is -0.493 e. The number of carbonyl (C=O) groups is 2. The van der Waals surface area contributed by atoms with Crippen LogP contribution in [0.5, 0.6) is 11.5 Å². The van der Waals surface area contributed by atoms with Crippen LogP contribution in [0.2, 0.25) is 0 Å². The molecular formula is C18H27NO7. The van der Waals surface area contributed by atoms with E-state index in [4.69, 9.17) is 24.1 Å². The first-order chi connectivity index (χ1) is 12.6. The molecule has 1 rings (SSSR count). The Morgan fingerprint density at radius 2 is 1.81 bits per heavy atom. The van der Waals surface area contributed by atoms with Gasteiger partial charge in [0.05, 0.1) is 47.1 Å². The fourth-order valence-electron chi connectivity index (χ4n) is 2.27. The van der Waals surface area contributed by atoms with E-state index < -0.39 is 0 Å². The van der Waals surface area contributed by atoms with Crippen LogP contribution in [0.1, 0.15) is 23.7 Å². The molecule has 0 heterocycles. The van der Waals surface area contributed by atoms with Crippen molar-refractivity contribution in [1.29, 1.82) is 0 Å². The number of rotatable bonds is 12. The van der Waals surface area contributed by atoms with Crippen molar-refractivity contribution < 1.29 is 33.6 Å². The van der Waals surface area contributed by atoms with Gasteiger partial charge >= 0.3 is 5.97 Å². The lowest BCUT2D eigenvalue weighted by molar-refractivity contribution is -0.143. The van der Waals surface area contributed by atoms with E-state index in [-0.39, 0.29) is 51.2 Å². The zero-order valence-corrected chi connectivity index (χ0v) is 15.5. The first-order valence-corrected chi connectivity index (χ1v) is 8.42. The highest BCUT2D eigenvalue weighted by Crippen LogP contribution is 2.28. The monoisotopic (exact) mass is 369 g/mol. The molecule has 0 aliphatic rings. The average molecular weight is 369 g/mol. The number of hydrogen-bond acceptors (Lipinski definition) is 7. The molecule has 0 unspecified atom stereocenters. The van der Waals surface area contributed by atoms with Gasteiger partial charge in [-0.2, -0.15) is 0 Å². The summed E-state index contributed by atoms with van der Waals surface area (Å²) < 4.78 is 20.5. The highest BCUT2D eigenvalue weighted by Gasteiger charge is 2.19. The fourth-order valence-corrected chi connectivity index (χ4v) is 2.27. The molecule has 0 aliphatic carbocycles. The largest absolute Gasteiger partial charge is 0.493 e. The van der Waals surface area contributed by atoms with Gasteiger partial charge in [-0.25, -0.2) is 0 Å². The zero-order chi connectivity index (χ0) is 19.4. The Kier molecular flexibility index (Phi) is 10.1. The summed E-state index contributed by atoms with van der Waals surface area (Å²) in [6.45, 7) is 2.86. The van der Waals surface area contributed by atoms with Gasteiger partial charge in [-0.05, 0) is 25.1 Å². The van der Waals surface area contributed by atoms with Gasteiger partial charge < -0.3 is 29.0 Å². The maximum atomic E-state index is 12.8. The van der Waals surface area contributed by atoms with Gasteiger partial charge in [0.2, 0.25) is 0 Å². The highest BCUT2D eigenvalue weighted by atomic mass is 16.5. The number of benzene rings is 1. The Bertz CT molecular complexity index is 577. The first-order valence-electron chi connectivity index (χ1n) is 8.42. The molecule has 1 aromatic rings. The highest BCUT2D eigenvalue weighted by molar-refractivity contribution is 5.95. The second kappa shape index (κ2) is 12.1. The Balaban J connectivity index is 2.85. The Labute approximate surface area is 153 Å². The molecule has 146 valence electrons. The standard InChI is InChI=1S/C18H27NO7/c1-4-26-17(21)7-8-19(9-11-25-12-10-20)18(22)14-5-6-15(23-2)16(13-14)24-3/h5-6,13,20H,4,7-12H2,1-3H3. The smallest absolute Gasteiger partial charge is 0.307 e. The molecule has 0 bridgehead atoms. The van der Waals surface area contributed by atoms with Crippen molar-refractivity contribution in [2.45, 2.75) is 13.3 Å². The molecule has 8 heteroatoms. The predicted molar refractivity (Wildman–Crippen MR) is 94.6 cm³/mol. The molecular weight excluding hydrogens is 342 g/mol. The van der Waals surface area contributed by atoms with Crippen molar-refractivity contribution >= 4 is 11.9 Å². The summed E-state index contributed by atoms with van der Waals surface area (Å²) in [6.07, 6.45) is 0.0901. The molecule has 0 atom stereocenters. The summed E-state index contributed by atoms with van der Waals surface area (Å²) in [6, 6.07) is 4.88. The summed E-state index contributed by atoms with van der Waals surface area (Å²) in [5.74, 6) is 0.338. The van der Waals surface area contributed by atoms with Crippen molar-refractivity contribution in [2.75, 3.05) is 53.7 Å². The lowest BCUT2D eigenvalue weighted by atomic mass is 10.1. The maximum absolute atomic E-state index is 12.8. The van der Waals surface area contributed by atoms with E-state index in [9.17, 15) is 9.59 Å². The first kappa shape index (κ1) is 21.7. The van der Waals surface area contributed by atoms with Gasteiger partial charge in [0, 0.05) is 18.7 Å². The molecule has 1 aromatic carbocycles. The van der Waals surface area contributed by atoms with Gasteiger partial charge in [0.1, 0.15) is 0 Å². The van der Waals surface area contributed by atoms with Crippen LogP contribution < -0.4 is 9.47 Å². The van der Waals surface area contributed by atoms with E-state index >= 15 is 0 Å². The van der Waals surface area contributed by atoms with Crippen molar-refractivity contribution in [1.82, 2.24) is 4.90 Å². The van der Waals surface area contributed by atoms with Gasteiger partial charge in [-0.15, -0.1) is 0 Å². The molecule has 0 saturated carbocycles. The fraction of sp³-hybridized carbons (Fsp3) is 0.556. The number of hydrogen-bond donors (Lipinski definition) is 1. The number of aliphatic hydroxyl groups is 1. The summed E-state index contributed by atoms with van der Waals surface area (Å²) in [4.78, 5) is 25.9. The van der Waals surface area contributed by atoms with Crippen LogP contribution >= 0.6 is 0 Å². The summed E-state index contributed by atoms with van der Waals surface area (Å²) in [5, 5.41) is 8.77. The summed E-state index contributed by atoms with van der Waals surface area (Å²) >= 11 is 0. The third kappa shape index (κ3) is 6.89. The normalized spacial score (nSPS) is 10.3. The van der Waals surface area contributed by atoms with Gasteiger partial charge in [-0.3, -0.25) is 9.59 Å². The van der Waals surface area contributed by atoms with Crippen molar-refractivity contribution in [3.05, 3.63) is 23.8 Å². The molecule has 0 aliphatic heterocycles. The molecule has 0 aromatic heterocycles. The Morgan fingerprint density at radius 1 is 1.08 bits per heavy atom. The molecule has 0 radical (unpaired) electrons. The van der Waals surface area contributed by atoms with Crippen LogP contribution in [0.25, 0.3) is 0 Å². The van der Waals surface area contributed by atoms with Crippen molar-refractivity contribution in [3.8, 4) is 11.5 Å². The number of nitrogens with zero attached hydrogens (tertiary/aromatic N) is 1. The molecule has 26 heavy (non-hydrogen) atoms. The van der Waals surface area contributed by atoms with Crippen LogP contribution in [-0.4, -0.2) is 75.6 Å². The van der Waals surface area contributed by atoms with Gasteiger partial charge in [0.25, 0.3) is 5.91 Å². The molecule has 0 fully saturated rings. The minimum atomic E-state index is -0.367. The number of amides is 1. The Morgan fingerprint density at radius 3 is 2.42 bits per heavy atom. The second-order valence-corrected chi connectivity index (χ2v) is 5.25. The molecule has 8 nitrogen and oxygen atoms in total. The molecule has 1 amide bonds. The quantitative estimate of drug-likeness (QED) is 0.436. The lowest BCUT2D eigenvalue weighted by Crippen LogP contribution is -2.36. The molecule has 0 saturated heterocycles. The van der Waals surface area contributed by atoms with Crippen LogP contribution in [-0.2, 0) is 14.3 Å². The number of aliphatic hydroxyl groups excluding tert-OH is 1. The second-order valence-electron chi connectivity index (χ2n) is 5.25. The van der Waals surface area contributed by atoms with E-state index in [2.05, 4.69) is 0 Å². The topological polar surface area (TPSA) is 94.5 Å². The SMILES string of the molecule is CCOC(=O)CCN(CCOCCO)C(=O)c1ccc(OC)c(OC)c1. The predicted octanol–water partition coefficient (Wildman–Crippen LogP) is 1.11.